The number of hydrogen-bond donors (Lipinski definition) is 9. The van der Waals surface area contributed by atoms with Crippen molar-refractivity contribution in [1.29, 1.82) is 0 Å². The molecule has 0 saturated carbocycles. The van der Waals surface area contributed by atoms with Crippen LogP contribution in [-0.2, 0) is 84.3 Å². The zero-order valence-electron chi connectivity index (χ0n) is 42.8. The van der Waals surface area contributed by atoms with Crippen molar-refractivity contribution in [2.45, 2.75) is 110 Å². The largest absolute Gasteiger partial charge is 0.510 e. The monoisotopic (exact) mass is 1060 g/mol. The molecule has 0 fully saturated rings. The number of primary amides is 1. The average Bonchev–Trinajstić information content (AvgIpc) is 3.83. The van der Waals surface area contributed by atoms with Gasteiger partial charge in [-0.05, 0) is 85.5 Å². The molecule has 2 aliphatic rings. The number of phenols is 1. The third-order valence-electron chi connectivity index (χ3n) is 12.9. The number of hydrogen-bond acceptors (Lipinski definition) is 17. The quantitative estimate of drug-likeness (QED) is 0.0228. The minimum Gasteiger partial charge on any atom is -0.508 e. The molecule has 76 heavy (non-hydrogen) atoms. The lowest BCUT2D eigenvalue weighted by molar-refractivity contribution is -0.175. The summed E-state index contributed by atoms with van der Waals surface area (Å²) in [5.74, 6) is 0.426. The predicted molar refractivity (Wildman–Crippen MR) is 271 cm³/mol. The van der Waals surface area contributed by atoms with Crippen molar-refractivity contribution in [2.24, 2.45) is 17.5 Å². The number of nitrogens with zero attached hydrogens (tertiary/aromatic N) is 2. The third kappa shape index (κ3) is 13.6. The first-order valence-corrected chi connectivity index (χ1v) is 24.7. The van der Waals surface area contributed by atoms with Crippen molar-refractivity contribution >= 4 is 64.3 Å². The van der Waals surface area contributed by atoms with Crippen LogP contribution in [0.3, 0.4) is 0 Å². The van der Waals surface area contributed by atoms with E-state index in [1.165, 1.54) is 25.3 Å². The summed E-state index contributed by atoms with van der Waals surface area (Å²) < 4.78 is 23.2. The lowest BCUT2D eigenvalue weighted by Crippen LogP contribution is -2.55. The number of aromatic nitrogens is 2. The van der Waals surface area contributed by atoms with Gasteiger partial charge in [-0.3, -0.25) is 33.6 Å². The number of amides is 7. The standard InChI is InChI=1S/C51H64N10O15/c1-6-31-32-21-30(62)14-15-36(32)58-43-33(31)23-61-39(43)22-35-34(47(61)68)25-73-48(69)51(35,7-2)76-50(71)74-24-28-10-12-29(13-11-28)56-45(66)37(9-8-18-55-49(52)70)59-46(67)42(27(3)4)60-40(63)17-16-38(57-41(64)26-75-53)44(65)54-19-20-72-5/h10-15,21-22,27,37-38,42,62H,6-9,16-20,23-26,53H2,1-5H3,(H,54,65)(H,56,66)(H,57,64)(H,59,67)(H,60,63)(H3,52,55,70)/t37-,38-,42-,51-/m0/s1. The van der Waals surface area contributed by atoms with Gasteiger partial charge in [0, 0.05) is 48.8 Å². The molecule has 11 N–H and O–H groups in total. The van der Waals surface area contributed by atoms with E-state index in [4.69, 9.17) is 35.6 Å². The maximum absolute atomic E-state index is 14.1. The van der Waals surface area contributed by atoms with Gasteiger partial charge < -0.3 is 66.3 Å². The summed E-state index contributed by atoms with van der Waals surface area (Å²) in [5.41, 5.74) is 7.05. The van der Waals surface area contributed by atoms with Crippen LogP contribution in [0.4, 0.5) is 15.3 Å². The Kier molecular flexibility index (Phi) is 19.4. The van der Waals surface area contributed by atoms with Crippen LogP contribution in [0.5, 0.6) is 5.75 Å². The Morgan fingerprint density at radius 1 is 0.882 bits per heavy atom. The van der Waals surface area contributed by atoms with Crippen molar-refractivity contribution in [2.75, 3.05) is 38.7 Å². The van der Waals surface area contributed by atoms with E-state index in [1.807, 2.05) is 6.92 Å². The average molecular weight is 1060 g/mol. The number of carbonyl (C=O) groups is 8. The summed E-state index contributed by atoms with van der Waals surface area (Å²) in [7, 11) is 1.45. The van der Waals surface area contributed by atoms with Crippen LogP contribution in [0.15, 0.2) is 53.3 Å². The fourth-order valence-electron chi connectivity index (χ4n) is 9.02. The van der Waals surface area contributed by atoms with Crippen LogP contribution in [-0.4, -0.2) is 114 Å². The Labute approximate surface area is 436 Å². The van der Waals surface area contributed by atoms with Gasteiger partial charge in [0.15, 0.2) is 0 Å². The Hall–Kier alpha value is -8.16. The van der Waals surface area contributed by atoms with Crippen molar-refractivity contribution in [3.63, 3.8) is 0 Å². The molecule has 4 atom stereocenters. The molecule has 6 rings (SSSR count). The summed E-state index contributed by atoms with van der Waals surface area (Å²) in [6.45, 7) is 6.32. The first-order chi connectivity index (χ1) is 36.3. The second-order valence-electron chi connectivity index (χ2n) is 18.4. The number of phenolic OH excluding ortho intramolecular Hbond substituents is 1. The molecule has 7 amide bonds. The molecule has 2 aromatic carbocycles. The number of rotatable bonds is 25. The van der Waals surface area contributed by atoms with Gasteiger partial charge in [-0.15, -0.1) is 0 Å². The third-order valence-corrected chi connectivity index (χ3v) is 12.9. The minimum atomic E-state index is -2.04. The van der Waals surface area contributed by atoms with Gasteiger partial charge >= 0.3 is 18.2 Å². The molecule has 4 heterocycles. The van der Waals surface area contributed by atoms with E-state index in [1.54, 1.807) is 55.7 Å². The van der Waals surface area contributed by atoms with Crippen molar-refractivity contribution in [3.8, 4) is 17.1 Å². The Balaban J connectivity index is 1.10. The normalized spacial score (nSPS) is 15.4. The number of aryl methyl sites for hydroxylation is 1. The highest BCUT2D eigenvalue weighted by atomic mass is 16.7. The number of benzene rings is 2. The Morgan fingerprint density at radius 3 is 2.29 bits per heavy atom. The van der Waals surface area contributed by atoms with Crippen molar-refractivity contribution < 1.29 is 67.2 Å². The van der Waals surface area contributed by atoms with E-state index in [0.717, 1.165) is 16.5 Å². The van der Waals surface area contributed by atoms with E-state index >= 15 is 0 Å². The molecule has 0 spiro atoms. The fraction of sp³-hybridized carbons (Fsp3) is 0.451. The van der Waals surface area contributed by atoms with E-state index in [0.29, 0.717) is 28.9 Å². The number of aromatic hydroxyl groups is 1. The van der Waals surface area contributed by atoms with Gasteiger partial charge in [0.05, 0.1) is 35.6 Å². The molecule has 0 unspecified atom stereocenters. The van der Waals surface area contributed by atoms with Crippen LogP contribution in [0, 0.1) is 5.92 Å². The highest BCUT2D eigenvalue weighted by molar-refractivity contribution is 5.99. The molecule has 0 radical (unpaired) electrons. The van der Waals surface area contributed by atoms with Crippen molar-refractivity contribution in [3.05, 3.63) is 86.7 Å². The van der Waals surface area contributed by atoms with Crippen LogP contribution >= 0.6 is 0 Å². The highest BCUT2D eigenvalue weighted by Gasteiger charge is 2.51. The van der Waals surface area contributed by atoms with Crippen LogP contribution in [0.25, 0.3) is 22.3 Å². The number of anilines is 1. The molecule has 408 valence electrons. The number of fused-ring (bicyclic) bond motifs is 5. The van der Waals surface area contributed by atoms with Gasteiger partial charge in [-0.25, -0.2) is 25.3 Å². The lowest BCUT2D eigenvalue weighted by Gasteiger charge is -2.35. The number of cyclic esters (lactones) is 1. The SMILES string of the molecule is CCc1c2c(nc3ccc(O)cc13)-c1cc3c(c(=O)n1C2)COC(=O)[C@@]3(CC)OC(=O)OCc1ccc(NC(=O)[C@H](CCCNC(N)=O)NC(=O)[C@@H](NC(=O)CC[C@H](NC(=O)CON)C(=O)NCCOC)C(C)C)cc1. The van der Waals surface area contributed by atoms with E-state index in [-0.39, 0.29) is 94.1 Å². The molecule has 2 aliphatic heterocycles. The van der Waals surface area contributed by atoms with E-state index in [2.05, 4.69) is 36.7 Å². The Bertz CT molecular complexity index is 2910. The molecule has 25 nitrogen and oxygen atoms in total. The maximum Gasteiger partial charge on any atom is 0.510 e. The number of ether oxygens (including phenoxy) is 4. The second-order valence-corrected chi connectivity index (χ2v) is 18.4. The van der Waals surface area contributed by atoms with Gasteiger partial charge in [0.25, 0.3) is 5.56 Å². The number of nitrogens with two attached hydrogens (primary N) is 2. The van der Waals surface area contributed by atoms with Gasteiger partial charge in [0.1, 0.15) is 43.7 Å². The van der Waals surface area contributed by atoms with Crippen LogP contribution < -0.4 is 49.1 Å². The molecule has 0 bridgehead atoms. The van der Waals surface area contributed by atoms with E-state index < -0.39 is 89.5 Å². The molecule has 25 heteroatoms. The van der Waals surface area contributed by atoms with Crippen molar-refractivity contribution in [1.82, 2.24) is 36.1 Å². The summed E-state index contributed by atoms with van der Waals surface area (Å²) >= 11 is 0. The smallest absolute Gasteiger partial charge is 0.508 e. The number of methoxy groups -OCH3 is 1. The molecule has 4 aromatic rings. The van der Waals surface area contributed by atoms with Gasteiger partial charge in [0.2, 0.25) is 35.1 Å². The fourth-order valence-corrected chi connectivity index (χ4v) is 9.02. The number of urea groups is 1. The number of carbonyl (C=O) groups excluding carboxylic acids is 8. The topological polar surface area (TPSA) is 362 Å². The zero-order valence-corrected chi connectivity index (χ0v) is 42.8. The maximum atomic E-state index is 14.1. The number of esters is 1. The first-order valence-electron chi connectivity index (χ1n) is 24.7. The number of nitrogens with one attached hydrogen (secondary N) is 6. The summed E-state index contributed by atoms with van der Waals surface area (Å²) in [6.07, 6.45) is -0.955. The number of pyridine rings is 2. The molecule has 2 aromatic heterocycles. The minimum absolute atomic E-state index is 0.0265. The zero-order chi connectivity index (χ0) is 55.3. The van der Waals surface area contributed by atoms with Gasteiger partial charge in [-0.2, -0.15) is 0 Å². The Morgan fingerprint density at radius 2 is 1.62 bits per heavy atom. The molecule has 0 aliphatic carbocycles. The predicted octanol–water partition coefficient (Wildman–Crippen LogP) is 1.64. The van der Waals surface area contributed by atoms with E-state index in [9.17, 15) is 48.3 Å². The lowest BCUT2D eigenvalue weighted by atomic mass is 9.85. The van der Waals surface area contributed by atoms with Crippen LogP contribution in [0.1, 0.15) is 87.6 Å². The molecular formula is C51H64N10O15. The first kappa shape index (κ1) is 57.1. The molecular weight excluding hydrogens is 993 g/mol. The van der Waals surface area contributed by atoms with Gasteiger partial charge in [-0.1, -0.05) is 39.8 Å². The summed E-state index contributed by atoms with van der Waals surface area (Å²) in [4.78, 5) is 128. The summed E-state index contributed by atoms with van der Waals surface area (Å²) in [6, 6.07) is 8.35. The molecule has 0 saturated heterocycles. The summed E-state index contributed by atoms with van der Waals surface area (Å²) in [5, 5.41) is 26.5. The second kappa shape index (κ2) is 25.9. The highest BCUT2D eigenvalue weighted by Crippen LogP contribution is 2.42. The van der Waals surface area contributed by atoms with Crippen LogP contribution in [0.2, 0.25) is 0 Å².